The fourth-order valence-electron chi connectivity index (χ4n) is 1.51. The summed E-state index contributed by atoms with van der Waals surface area (Å²) in [5.41, 5.74) is 7.00. The van der Waals surface area contributed by atoms with Gasteiger partial charge in [-0.05, 0) is 30.2 Å². The molecular weight excluding hydrogens is 248 g/mol. The average Bonchev–Trinajstić information content (AvgIpc) is 2.27. The number of nitrogens with two attached hydrogens (primary N) is 1. The second-order valence-electron chi connectivity index (χ2n) is 4.69. The van der Waals surface area contributed by atoms with E-state index in [1.807, 2.05) is 13.8 Å². The second kappa shape index (κ2) is 6.54. The molecule has 0 heterocycles. The van der Waals surface area contributed by atoms with Gasteiger partial charge in [-0.15, -0.1) is 0 Å². The van der Waals surface area contributed by atoms with Gasteiger partial charge in [0.05, 0.1) is 0 Å². The Morgan fingerprint density at radius 3 is 2.39 bits per heavy atom. The van der Waals surface area contributed by atoms with Crippen molar-refractivity contribution in [2.24, 2.45) is 5.92 Å². The molecule has 1 aromatic carbocycles. The van der Waals surface area contributed by atoms with Crippen LogP contribution in [0.25, 0.3) is 0 Å². The van der Waals surface area contributed by atoms with Gasteiger partial charge in [0.1, 0.15) is 5.75 Å². The first-order chi connectivity index (χ1) is 8.40. The van der Waals surface area contributed by atoms with Crippen LogP contribution in [-0.2, 0) is 15.6 Å². The highest BCUT2D eigenvalue weighted by Crippen LogP contribution is 2.15. The van der Waals surface area contributed by atoms with Gasteiger partial charge in [0, 0.05) is 35.0 Å². The Balaban J connectivity index is 2.61. The normalized spacial score (nSPS) is 12.4. The molecule has 1 aromatic rings. The van der Waals surface area contributed by atoms with E-state index in [1.165, 1.54) is 4.90 Å². The quantitative estimate of drug-likeness (QED) is 0.826. The van der Waals surface area contributed by atoms with Crippen molar-refractivity contribution in [1.82, 2.24) is 0 Å². The Labute approximate surface area is 111 Å². The van der Waals surface area contributed by atoms with E-state index in [0.717, 1.165) is 5.69 Å². The van der Waals surface area contributed by atoms with Gasteiger partial charge in [-0.1, -0.05) is 13.8 Å². The molecule has 1 atom stereocenters. The molecule has 0 radical (unpaired) electrons. The minimum atomic E-state index is -1.09. The summed E-state index contributed by atoms with van der Waals surface area (Å²) in [5, 5.41) is 0. The van der Waals surface area contributed by atoms with Gasteiger partial charge in [0.25, 0.3) is 0 Å². The fraction of sp³-hybridized carbons (Fsp3) is 0.462. The molecule has 0 saturated heterocycles. The Morgan fingerprint density at radius 1 is 1.33 bits per heavy atom. The number of benzene rings is 1. The third-order valence-electron chi connectivity index (χ3n) is 2.46. The van der Waals surface area contributed by atoms with E-state index in [1.54, 1.807) is 31.3 Å². The first kappa shape index (κ1) is 14.7. The summed E-state index contributed by atoms with van der Waals surface area (Å²) < 4.78 is 11.7. The highest BCUT2D eigenvalue weighted by molar-refractivity contribution is 7.85. The van der Waals surface area contributed by atoms with E-state index >= 15 is 0 Å². The largest absolute Gasteiger partial charge is 0.399 e. The molecule has 0 spiro atoms. The molecule has 2 N–H and O–H groups in total. The van der Waals surface area contributed by atoms with Gasteiger partial charge in [0.15, 0.2) is 0 Å². The SMILES string of the molecule is CC(C)CS(=O)CC(=O)N(C)c1ccc(N)cc1. The van der Waals surface area contributed by atoms with Crippen LogP contribution in [0.4, 0.5) is 11.4 Å². The van der Waals surface area contributed by atoms with E-state index in [-0.39, 0.29) is 11.7 Å². The molecule has 1 amide bonds. The van der Waals surface area contributed by atoms with Crippen LogP contribution < -0.4 is 10.6 Å². The van der Waals surface area contributed by atoms with Crippen molar-refractivity contribution >= 4 is 28.1 Å². The van der Waals surface area contributed by atoms with Gasteiger partial charge in [-0.3, -0.25) is 9.00 Å². The predicted octanol–water partition coefficient (Wildman–Crippen LogP) is 1.64. The van der Waals surface area contributed by atoms with Crippen LogP contribution in [0.3, 0.4) is 0 Å². The molecule has 1 unspecified atom stereocenters. The van der Waals surface area contributed by atoms with Gasteiger partial charge in [-0.25, -0.2) is 0 Å². The minimum Gasteiger partial charge on any atom is -0.399 e. The number of amides is 1. The minimum absolute atomic E-state index is 0.0685. The van der Waals surface area contributed by atoms with Crippen molar-refractivity contribution in [2.45, 2.75) is 13.8 Å². The molecule has 0 aliphatic rings. The molecule has 0 bridgehead atoms. The summed E-state index contributed by atoms with van der Waals surface area (Å²) in [6.45, 7) is 3.98. The lowest BCUT2D eigenvalue weighted by Crippen LogP contribution is -2.31. The van der Waals surface area contributed by atoms with Crippen LogP contribution in [-0.4, -0.2) is 28.7 Å². The molecule has 0 aromatic heterocycles. The maximum Gasteiger partial charge on any atom is 0.239 e. The van der Waals surface area contributed by atoms with Crippen molar-refractivity contribution in [3.05, 3.63) is 24.3 Å². The van der Waals surface area contributed by atoms with Crippen molar-refractivity contribution in [3.63, 3.8) is 0 Å². The number of hydrogen-bond donors (Lipinski definition) is 1. The number of carbonyl (C=O) groups excluding carboxylic acids is 1. The van der Waals surface area contributed by atoms with Crippen molar-refractivity contribution in [1.29, 1.82) is 0 Å². The number of nitrogen functional groups attached to an aromatic ring is 1. The predicted molar refractivity (Wildman–Crippen MR) is 77.0 cm³/mol. The standard InChI is InChI=1S/C13H20N2O2S/c1-10(2)8-18(17)9-13(16)15(3)12-6-4-11(14)5-7-12/h4-7,10H,8-9,14H2,1-3H3. The van der Waals surface area contributed by atoms with Crippen LogP contribution in [0.5, 0.6) is 0 Å². The molecular formula is C13H20N2O2S. The van der Waals surface area contributed by atoms with E-state index < -0.39 is 10.8 Å². The summed E-state index contributed by atoms with van der Waals surface area (Å²) in [6, 6.07) is 7.03. The maximum absolute atomic E-state index is 11.9. The van der Waals surface area contributed by atoms with Gasteiger partial charge >= 0.3 is 0 Å². The van der Waals surface area contributed by atoms with E-state index in [0.29, 0.717) is 17.4 Å². The third kappa shape index (κ3) is 4.49. The Kier molecular flexibility index (Phi) is 5.34. The molecule has 4 nitrogen and oxygen atoms in total. The first-order valence-electron chi connectivity index (χ1n) is 5.87. The second-order valence-corrected chi connectivity index (χ2v) is 6.19. The fourth-order valence-corrected chi connectivity index (χ4v) is 2.84. The summed E-state index contributed by atoms with van der Waals surface area (Å²) in [7, 11) is 0.586. The highest BCUT2D eigenvalue weighted by Gasteiger charge is 2.15. The Bertz CT molecular complexity index is 429. The van der Waals surface area contributed by atoms with Crippen LogP contribution in [0.2, 0.25) is 0 Å². The molecule has 100 valence electrons. The summed E-state index contributed by atoms with van der Waals surface area (Å²) in [4.78, 5) is 13.4. The van der Waals surface area contributed by atoms with Crippen molar-refractivity contribution in [3.8, 4) is 0 Å². The molecule has 0 saturated carbocycles. The van der Waals surface area contributed by atoms with Gasteiger partial charge in [-0.2, -0.15) is 0 Å². The maximum atomic E-state index is 11.9. The third-order valence-corrected chi connectivity index (χ3v) is 4.07. The van der Waals surface area contributed by atoms with Gasteiger partial charge < -0.3 is 10.6 Å². The highest BCUT2D eigenvalue weighted by atomic mass is 32.2. The zero-order valence-electron chi connectivity index (χ0n) is 11.1. The average molecular weight is 268 g/mol. The molecule has 0 aliphatic heterocycles. The molecule has 18 heavy (non-hydrogen) atoms. The number of rotatable bonds is 5. The number of anilines is 2. The Hall–Kier alpha value is -1.36. The van der Waals surface area contributed by atoms with Crippen LogP contribution >= 0.6 is 0 Å². The lowest BCUT2D eigenvalue weighted by atomic mass is 10.2. The topological polar surface area (TPSA) is 63.4 Å². The monoisotopic (exact) mass is 268 g/mol. The zero-order valence-corrected chi connectivity index (χ0v) is 11.9. The molecule has 0 aliphatic carbocycles. The molecule has 0 fully saturated rings. The van der Waals surface area contributed by atoms with E-state index in [9.17, 15) is 9.00 Å². The number of nitrogens with zero attached hydrogens (tertiary/aromatic N) is 1. The zero-order chi connectivity index (χ0) is 13.7. The van der Waals surface area contributed by atoms with Crippen LogP contribution in [0.15, 0.2) is 24.3 Å². The van der Waals surface area contributed by atoms with Crippen LogP contribution in [0.1, 0.15) is 13.8 Å². The summed E-state index contributed by atoms with van der Waals surface area (Å²) in [5.74, 6) is 0.819. The van der Waals surface area contributed by atoms with Crippen molar-refractivity contribution in [2.75, 3.05) is 29.2 Å². The Morgan fingerprint density at radius 2 is 1.89 bits per heavy atom. The summed E-state index contributed by atoms with van der Waals surface area (Å²) >= 11 is 0. The van der Waals surface area contributed by atoms with E-state index in [2.05, 4.69) is 0 Å². The number of carbonyl (C=O) groups is 1. The van der Waals surface area contributed by atoms with E-state index in [4.69, 9.17) is 5.73 Å². The first-order valence-corrected chi connectivity index (χ1v) is 7.36. The van der Waals surface area contributed by atoms with Crippen molar-refractivity contribution < 1.29 is 9.00 Å². The van der Waals surface area contributed by atoms with Gasteiger partial charge in [0.2, 0.25) is 5.91 Å². The smallest absolute Gasteiger partial charge is 0.239 e. The summed E-state index contributed by atoms with van der Waals surface area (Å²) in [6.07, 6.45) is 0. The molecule has 1 rings (SSSR count). The molecule has 5 heteroatoms. The van der Waals surface area contributed by atoms with Crippen LogP contribution in [0, 0.1) is 5.92 Å². The number of hydrogen-bond acceptors (Lipinski definition) is 3. The lowest BCUT2D eigenvalue weighted by molar-refractivity contribution is -0.115. The lowest BCUT2D eigenvalue weighted by Gasteiger charge is -2.17.